The first-order valence-corrected chi connectivity index (χ1v) is 8.47. The molecular formula is C18H17F3N4O2. The number of amides is 3. The van der Waals surface area contributed by atoms with Crippen molar-refractivity contribution in [2.24, 2.45) is 7.05 Å². The van der Waals surface area contributed by atoms with Gasteiger partial charge in [0.1, 0.15) is 5.82 Å². The number of aromatic nitrogens is 1. The molecule has 1 aromatic carbocycles. The zero-order valence-electron chi connectivity index (χ0n) is 14.5. The summed E-state index contributed by atoms with van der Waals surface area (Å²) in [5.41, 5.74) is 0.445. The molecule has 0 unspecified atom stereocenters. The molecule has 0 spiro atoms. The normalized spacial score (nSPS) is 20.0. The minimum Gasteiger partial charge on any atom is -0.348 e. The number of benzene rings is 1. The molecule has 142 valence electrons. The van der Waals surface area contributed by atoms with Gasteiger partial charge in [-0.05, 0) is 12.1 Å². The predicted octanol–water partition coefficient (Wildman–Crippen LogP) is 2.39. The van der Waals surface area contributed by atoms with Crippen molar-refractivity contribution >= 4 is 34.1 Å². The van der Waals surface area contributed by atoms with Gasteiger partial charge in [0.15, 0.2) is 0 Å². The molecule has 0 bridgehead atoms. The molecule has 4 rings (SSSR count). The Hall–Kier alpha value is -2.81. The van der Waals surface area contributed by atoms with Crippen LogP contribution in [0.3, 0.4) is 0 Å². The van der Waals surface area contributed by atoms with Crippen LogP contribution in [0.2, 0.25) is 0 Å². The molecule has 1 aromatic heterocycles. The van der Waals surface area contributed by atoms with Crippen LogP contribution in [-0.4, -0.2) is 42.1 Å². The number of urea groups is 1. The lowest BCUT2D eigenvalue weighted by Crippen LogP contribution is -2.49. The molecule has 2 aromatic rings. The zero-order chi connectivity index (χ0) is 19.3. The average Bonchev–Trinajstić information content (AvgIpc) is 2.90. The Bertz CT molecular complexity index is 996. The fourth-order valence-corrected chi connectivity index (χ4v) is 3.55. The minimum absolute atomic E-state index is 0.134. The summed E-state index contributed by atoms with van der Waals surface area (Å²) in [6, 6.07) is 1.96. The average molecular weight is 378 g/mol. The number of nitrogens with one attached hydrogen (secondary N) is 2. The second-order valence-electron chi connectivity index (χ2n) is 6.68. The number of fused-ring (bicyclic) bond motifs is 1. The number of rotatable bonds is 2. The highest BCUT2D eigenvalue weighted by Gasteiger charge is 2.38. The van der Waals surface area contributed by atoms with E-state index in [1.807, 2.05) is 0 Å². The first kappa shape index (κ1) is 17.6. The predicted molar refractivity (Wildman–Crippen MR) is 94.2 cm³/mol. The van der Waals surface area contributed by atoms with Gasteiger partial charge in [-0.1, -0.05) is 6.08 Å². The minimum atomic E-state index is -3.17. The lowest BCUT2D eigenvalue weighted by Gasteiger charge is -2.26. The van der Waals surface area contributed by atoms with Gasteiger partial charge in [0, 0.05) is 49.3 Å². The van der Waals surface area contributed by atoms with E-state index in [1.165, 1.54) is 23.1 Å². The summed E-state index contributed by atoms with van der Waals surface area (Å²) in [6.07, 6.45) is 3.05. The SMILES string of the molecule is Cn1cc(N2CCC(=O)NC2=O)c2cc(F)c(C3=CCNCC3(F)F)cc21. The number of hydrogen-bond acceptors (Lipinski definition) is 3. The third-order valence-corrected chi connectivity index (χ3v) is 4.88. The highest BCUT2D eigenvalue weighted by atomic mass is 19.3. The third kappa shape index (κ3) is 2.87. The molecule has 2 aliphatic rings. The van der Waals surface area contributed by atoms with Crippen molar-refractivity contribution in [3.8, 4) is 0 Å². The van der Waals surface area contributed by atoms with Gasteiger partial charge in [0.05, 0.1) is 17.7 Å². The molecule has 3 heterocycles. The number of aryl methyl sites for hydroxylation is 1. The van der Waals surface area contributed by atoms with Crippen LogP contribution in [0.15, 0.2) is 24.4 Å². The number of carbonyl (C=O) groups is 2. The summed E-state index contributed by atoms with van der Waals surface area (Å²) in [5, 5.41) is 5.20. The van der Waals surface area contributed by atoms with Crippen molar-refractivity contribution in [1.29, 1.82) is 0 Å². The van der Waals surface area contributed by atoms with Crippen molar-refractivity contribution in [1.82, 2.24) is 15.2 Å². The number of alkyl halides is 2. The highest BCUT2D eigenvalue weighted by Crippen LogP contribution is 2.39. The van der Waals surface area contributed by atoms with Gasteiger partial charge in [-0.25, -0.2) is 9.18 Å². The summed E-state index contributed by atoms with van der Waals surface area (Å²) in [7, 11) is 1.69. The Morgan fingerprint density at radius 3 is 2.70 bits per heavy atom. The van der Waals surface area contributed by atoms with E-state index in [4.69, 9.17) is 0 Å². The molecular weight excluding hydrogens is 361 g/mol. The van der Waals surface area contributed by atoms with E-state index >= 15 is 0 Å². The van der Waals surface area contributed by atoms with Gasteiger partial charge in [-0.2, -0.15) is 8.78 Å². The molecule has 3 amide bonds. The van der Waals surface area contributed by atoms with E-state index in [1.54, 1.807) is 17.8 Å². The lowest BCUT2D eigenvalue weighted by molar-refractivity contribution is -0.120. The number of halogens is 3. The summed E-state index contributed by atoms with van der Waals surface area (Å²) in [4.78, 5) is 24.8. The van der Waals surface area contributed by atoms with Crippen molar-refractivity contribution in [3.05, 3.63) is 35.8 Å². The summed E-state index contributed by atoms with van der Waals surface area (Å²) in [5.74, 6) is -4.32. The molecule has 2 N–H and O–H groups in total. The zero-order valence-corrected chi connectivity index (χ0v) is 14.5. The van der Waals surface area contributed by atoms with Crippen molar-refractivity contribution in [3.63, 3.8) is 0 Å². The van der Waals surface area contributed by atoms with Crippen LogP contribution in [0.1, 0.15) is 12.0 Å². The van der Waals surface area contributed by atoms with Gasteiger partial charge >= 0.3 is 6.03 Å². The number of carbonyl (C=O) groups excluding carboxylic acids is 2. The van der Waals surface area contributed by atoms with Crippen LogP contribution in [0.25, 0.3) is 16.5 Å². The summed E-state index contributed by atoms with van der Waals surface area (Å²) in [6.45, 7) is -0.137. The van der Waals surface area contributed by atoms with E-state index in [2.05, 4.69) is 10.6 Å². The van der Waals surface area contributed by atoms with Crippen LogP contribution < -0.4 is 15.5 Å². The Balaban J connectivity index is 1.83. The molecule has 0 radical (unpaired) electrons. The largest absolute Gasteiger partial charge is 0.348 e. The number of hydrogen-bond donors (Lipinski definition) is 2. The molecule has 2 aliphatic heterocycles. The number of nitrogens with zero attached hydrogens (tertiary/aromatic N) is 2. The number of imide groups is 1. The maximum atomic E-state index is 14.8. The molecule has 0 saturated carbocycles. The first-order valence-electron chi connectivity index (χ1n) is 8.47. The molecule has 1 saturated heterocycles. The second-order valence-corrected chi connectivity index (χ2v) is 6.68. The molecule has 6 nitrogen and oxygen atoms in total. The highest BCUT2D eigenvalue weighted by molar-refractivity contribution is 6.10. The Labute approximate surface area is 152 Å². The smallest absolute Gasteiger partial charge is 0.328 e. The van der Waals surface area contributed by atoms with E-state index in [0.717, 1.165) is 0 Å². The van der Waals surface area contributed by atoms with Crippen LogP contribution in [0.5, 0.6) is 0 Å². The molecule has 0 atom stereocenters. The van der Waals surface area contributed by atoms with Crippen LogP contribution in [-0.2, 0) is 11.8 Å². The second kappa shape index (κ2) is 6.12. The fraction of sp³-hybridized carbons (Fsp3) is 0.333. The topological polar surface area (TPSA) is 66.4 Å². The fourth-order valence-electron chi connectivity index (χ4n) is 3.55. The quantitative estimate of drug-likeness (QED) is 0.843. The Morgan fingerprint density at radius 2 is 2.00 bits per heavy atom. The lowest BCUT2D eigenvalue weighted by atomic mass is 9.95. The van der Waals surface area contributed by atoms with Gasteiger partial charge in [-0.15, -0.1) is 0 Å². The van der Waals surface area contributed by atoms with Gasteiger partial charge < -0.3 is 9.88 Å². The van der Waals surface area contributed by atoms with E-state index in [9.17, 15) is 22.8 Å². The van der Waals surface area contributed by atoms with Gasteiger partial charge in [-0.3, -0.25) is 15.0 Å². The molecule has 0 aliphatic carbocycles. The monoisotopic (exact) mass is 378 g/mol. The Kier molecular flexibility index (Phi) is 3.99. The van der Waals surface area contributed by atoms with Crippen LogP contribution >= 0.6 is 0 Å². The molecule has 27 heavy (non-hydrogen) atoms. The molecule has 9 heteroatoms. The van der Waals surface area contributed by atoms with Gasteiger partial charge in [0.2, 0.25) is 5.91 Å². The maximum Gasteiger partial charge on any atom is 0.328 e. The summed E-state index contributed by atoms with van der Waals surface area (Å²) >= 11 is 0. The van der Waals surface area contributed by atoms with Gasteiger partial charge in [0.25, 0.3) is 5.92 Å². The van der Waals surface area contributed by atoms with E-state index in [-0.39, 0.29) is 36.6 Å². The molecule has 1 fully saturated rings. The van der Waals surface area contributed by atoms with Crippen LogP contribution in [0.4, 0.5) is 23.7 Å². The maximum absolute atomic E-state index is 14.8. The standard InChI is InChI=1S/C18H17F3N4O2/c1-24-8-15(25-5-3-16(26)23-17(25)27)11-6-13(19)10(7-14(11)24)12-2-4-22-9-18(12,20)21/h2,6-8,22H,3-5,9H2,1H3,(H,23,26,27). The van der Waals surface area contributed by atoms with E-state index < -0.39 is 24.3 Å². The third-order valence-electron chi connectivity index (χ3n) is 4.88. The summed E-state index contributed by atoms with van der Waals surface area (Å²) < 4.78 is 44.9. The van der Waals surface area contributed by atoms with E-state index in [0.29, 0.717) is 16.6 Å². The first-order chi connectivity index (χ1) is 12.8. The number of anilines is 1. The Morgan fingerprint density at radius 1 is 1.22 bits per heavy atom. The van der Waals surface area contributed by atoms with Crippen molar-refractivity contribution < 1.29 is 22.8 Å². The van der Waals surface area contributed by atoms with Crippen molar-refractivity contribution in [2.75, 3.05) is 24.5 Å². The van der Waals surface area contributed by atoms with Crippen molar-refractivity contribution in [2.45, 2.75) is 12.3 Å². The van der Waals surface area contributed by atoms with Crippen LogP contribution in [0, 0.1) is 5.82 Å².